The molecule has 1 aromatic carbocycles. The Bertz CT molecular complexity index is 479. The fourth-order valence-corrected chi connectivity index (χ4v) is 2.18. The summed E-state index contributed by atoms with van der Waals surface area (Å²) in [5.74, 6) is -2.80. The fourth-order valence-electron chi connectivity index (χ4n) is 2.18. The van der Waals surface area contributed by atoms with Crippen LogP contribution in [-0.2, 0) is 12.7 Å². The standard InChI is InChI=1S/C12H13F5N2.2ClH/c13-11(14)3-4-19(7-11)10-2-1-9(12(15,16)17)5-8(10)6-18;;/h1-2,5H,3-4,6-7,18H2;2*1H. The first-order valence-corrected chi connectivity index (χ1v) is 5.76. The monoisotopic (exact) mass is 352 g/mol. The summed E-state index contributed by atoms with van der Waals surface area (Å²) in [5, 5.41) is 0. The second-order valence-electron chi connectivity index (χ2n) is 4.57. The van der Waals surface area contributed by atoms with Crippen molar-refractivity contribution in [2.24, 2.45) is 5.73 Å². The van der Waals surface area contributed by atoms with Gasteiger partial charge in [0.15, 0.2) is 0 Å². The van der Waals surface area contributed by atoms with Gasteiger partial charge in [-0.3, -0.25) is 0 Å². The lowest BCUT2D eigenvalue weighted by Crippen LogP contribution is -2.26. The van der Waals surface area contributed by atoms with E-state index in [1.165, 1.54) is 11.0 Å². The van der Waals surface area contributed by atoms with Gasteiger partial charge >= 0.3 is 6.18 Å². The van der Waals surface area contributed by atoms with Crippen molar-refractivity contribution < 1.29 is 22.0 Å². The Morgan fingerprint density at radius 1 is 1.19 bits per heavy atom. The van der Waals surface area contributed by atoms with Crippen molar-refractivity contribution in [2.75, 3.05) is 18.0 Å². The molecular weight excluding hydrogens is 338 g/mol. The SMILES string of the molecule is Cl.Cl.NCc1cc(C(F)(F)F)ccc1N1CCC(F)(F)C1. The highest BCUT2D eigenvalue weighted by molar-refractivity contribution is 5.85. The Morgan fingerprint density at radius 3 is 2.24 bits per heavy atom. The molecule has 1 aliphatic rings. The third-order valence-corrected chi connectivity index (χ3v) is 3.14. The number of nitrogens with two attached hydrogens (primary N) is 1. The van der Waals surface area contributed by atoms with E-state index in [1.54, 1.807) is 0 Å². The van der Waals surface area contributed by atoms with Gasteiger partial charge in [-0.05, 0) is 23.8 Å². The quantitative estimate of drug-likeness (QED) is 0.819. The molecule has 1 fully saturated rings. The van der Waals surface area contributed by atoms with E-state index in [0.717, 1.165) is 12.1 Å². The average Bonchev–Trinajstić information content (AvgIpc) is 2.67. The molecule has 9 heteroatoms. The molecule has 1 heterocycles. The van der Waals surface area contributed by atoms with Gasteiger partial charge in [-0.2, -0.15) is 13.2 Å². The number of hydrogen-bond acceptors (Lipinski definition) is 2. The van der Waals surface area contributed by atoms with Crippen LogP contribution in [0.4, 0.5) is 27.6 Å². The molecule has 2 nitrogen and oxygen atoms in total. The highest BCUT2D eigenvalue weighted by Crippen LogP contribution is 2.36. The third-order valence-electron chi connectivity index (χ3n) is 3.14. The molecule has 122 valence electrons. The predicted octanol–water partition coefficient (Wildman–Crippen LogP) is 3.85. The molecule has 1 aromatic rings. The number of halogens is 7. The first kappa shape index (κ1) is 20.2. The van der Waals surface area contributed by atoms with Crippen LogP contribution in [0.2, 0.25) is 0 Å². The topological polar surface area (TPSA) is 29.3 Å². The van der Waals surface area contributed by atoms with Crippen molar-refractivity contribution in [1.82, 2.24) is 0 Å². The van der Waals surface area contributed by atoms with Crippen LogP contribution in [0.3, 0.4) is 0 Å². The molecule has 0 saturated carbocycles. The van der Waals surface area contributed by atoms with Crippen LogP contribution < -0.4 is 10.6 Å². The number of alkyl halides is 5. The van der Waals surface area contributed by atoms with Gasteiger partial charge in [0.05, 0.1) is 12.1 Å². The fraction of sp³-hybridized carbons (Fsp3) is 0.500. The van der Waals surface area contributed by atoms with Gasteiger partial charge in [0.25, 0.3) is 5.92 Å². The lowest BCUT2D eigenvalue weighted by molar-refractivity contribution is -0.137. The van der Waals surface area contributed by atoms with E-state index in [4.69, 9.17) is 5.73 Å². The largest absolute Gasteiger partial charge is 0.416 e. The Morgan fingerprint density at radius 2 is 1.81 bits per heavy atom. The summed E-state index contributed by atoms with van der Waals surface area (Å²) in [6, 6.07) is 3.03. The van der Waals surface area contributed by atoms with Crippen LogP contribution in [-0.4, -0.2) is 19.0 Å². The highest BCUT2D eigenvalue weighted by Gasteiger charge is 2.39. The van der Waals surface area contributed by atoms with Crippen LogP contribution in [0.15, 0.2) is 18.2 Å². The number of hydrogen-bond donors (Lipinski definition) is 1. The molecule has 0 amide bonds. The van der Waals surface area contributed by atoms with E-state index in [0.29, 0.717) is 5.69 Å². The first-order chi connectivity index (χ1) is 8.73. The summed E-state index contributed by atoms with van der Waals surface area (Å²) < 4.78 is 63.9. The molecule has 2 N–H and O–H groups in total. The number of rotatable bonds is 2. The summed E-state index contributed by atoms with van der Waals surface area (Å²) in [7, 11) is 0. The molecule has 0 radical (unpaired) electrons. The summed E-state index contributed by atoms with van der Waals surface area (Å²) >= 11 is 0. The maximum absolute atomic E-state index is 13.1. The predicted molar refractivity (Wildman–Crippen MR) is 75.6 cm³/mol. The molecule has 0 aromatic heterocycles. The van der Waals surface area contributed by atoms with Gasteiger partial charge in [0.1, 0.15) is 0 Å². The number of benzene rings is 1. The normalized spacial score (nSPS) is 17.1. The van der Waals surface area contributed by atoms with Crippen molar-refractivity contribution in [2.45, 2.75) is 25.1 Å². The average molecular weight is 353 g/mol. The molecule has 21 heavy (non-hydrogen) atoms. The second kappa shape index (κ2) is 6.98. The second-order valence-corrected chi connectivity index (χ2v) is 4.57. The number of anilines is 1. The van der Waals surface area contributed by atoms with E-state index in [9.17, 15) is 22.0 Å². The zero-order valence-corrected chi connectivity index (χ0v) is 12.4. The lowest BCUT2D eigenvalue weighted by atomic mass is 10.1. The van der Waals surface area contributed by atoms with Crippen LogP contribution in [0.25, 0.3) is 0 Å². The van der Waals surface area contributed by atoms with E-state index < -0.39 is 24.2 Å². The van der Waals surface area contributed by atoms with Gasteiger partial charge < -0.3 is 10.6 Å². The van der Waals surface area contributed by atoms with E-state index in [-0.39, 0.29) is 49.9 Å². The Balaban J connectivity index is 0.00000200. The van der Waals surface area contributed by atoms with Crippen molar-refractivity contribution in [3.8, 4) is 0 Å². The highest BCUT2D eigenvalue weighted by atomic mass is 35.5. The first-order valence-electron chi connectivity index (χ1n) is 5.76. The van der Waals surface area contributed by atoms with Crippen molar-refractivity contribution >= 4 is 30.5 Å². The van der Waals surface area contributed by atoms with Gasteiger partial charge in [-0.1, -0.05) is 0 Å². The van der Waals surface area contributed by atoms with E-state index in [2.05, 4.69) is 0 Å². The Labute approximate surface area is 131 Å². The van der Waals surface area contributed by atoms with Gasteiger partial charge in [0.2, 0.25) is 0 Å². The van der Waals surface area contributed by atoms with Gasteiger partial charge in [-0.15, -0.1) is 24.8 Å². The summed E-state index contributed by atoms with van der Waals surface area (Å²) in [4.78, 5) is 1.38. The third kappa shape index (κ3) is 4.59. The number of nitrogens with zero attached hydrogens (tertiary/aromatic N) is 1. The van der Waals surface area contributed by atoms with Gasteiger partial charge in [-0.25, -0.2) is 8.78 Å². The molecule has 0 atom stereocenters. The molecule has 0 aliphatic carbocycles. The van der Waals surface area contributed by atoms with Crippen LogP contribution in [0, 0.1) is 0 Å². The molecule has 1 aliphatic heterocycles. The van der Waals surface area contributed by atoms with E-state index >= 15 is 0 Å². The zero-order valence-electron chi connectivity index (χ0n) is 10.8. The van der Waals surface area contributed by atoms with Crippen molar-refractivity contribution in [3.63, 3.8) is 0 Å². The molecule has 0 spiro atoms. The summed E-state index contributed by atoms with van der Waals surface area (Å²) in [6.07, 6.45) is -4.75. The minimum Gasteiger partial charge on any atom is -0.365 e. The lowest BCUT2D eigenvalue weighted by Gasteiger charge is -2.22. The van der Waals surface area contributed by atoms with Crippen molar-refractivity contribution in [1.29, 1.82) is 0 Å². The molecular formula is C12H15Cl2F5N2. The van der Waals surface area contributed by atoms with Crippen molar-refractivity contribution in [3.05, 3.63) is 29.3 Å². The Hall–Kier alpha value is -0.790. The summed E-state index contributed by atoms with van der Waals surface area (Å²) in [6.45, 7) is -0.488. The molecule has 2 rings (SSSR count). The van der Waals surface area contributed by atoms with E-state index in [1.807, 2.05) is 0 Å². The van der Waals surface area contributed by atoms with Crippen LogP contribution in [0.5, 0.6) is 0 Å². The maximum Gasteiger partial charge on any atom is 0.416 e. The maximum atomic E-state index is 13.1. The molecule has 0 bridgehead atoms. The van der Waals surface area contributed by atoms with Crippen LogP contribution in [0.1, 0.15) is 17.5 Å². The molecule has 0 unspecified atom stereocenters. The Kier molecular flexibility index (Phi) is 6.72. The minimum absolute atomic E-state index is 0. The molecule has 1 saturated heterocycles. The summed E-state index contributed by atoms with van der Waals surface area (Å²) in [5.41, 5.74) is 5.18. The zero-order chi connectivity index (χ0) is 14.3. The minimum atomic E-state index is -4.46. The smallest absolute Gasteiger partial charge is 0.365 e. The van der Waals surface area contributed by atoms with Gasteiger partial charge in [0, 0.05) is 25.2 Å². The van der Waals surface area contributed by atoms with Crippen LogP contribution >= 0.6 is 24.8 Å².